The Morgan fingerprint density at radius 3 is 1.16 bits per heavy atom. The van der Waals surface area contributed by atoms with Crippen molar-refractivity contribution >= 4 is 57.2 Å². The predicted molar refractivity (Wildman–Crippen MR) is 259 cm³/mol. The van der Waals surface area contributed by atoms with Crippen LogP contribution >= 0.6 is 0 Å². The van der Waals surface area contributed by atoms with E-state index in [-0.39, 0.29) is 42.3 Å². The molecule has 0 bridgehead atoms. The third-order valence-corrected chi connectivity index (χ3v) is 13.2. The van der Waals surface area contributed by atoms with Gasteiger partial charge in [-0.05, 0) is 147 Å². The fourth-order valence-corrected chi connectivity index (χ4v) is 9.36. The van der Waals surface area contributed by atoms with Gasteiger partial charge in [-0.3, -0.25) is 0 Å². The molecule has 7 aromatic rings. The molecule has 6 nitrogen and oxygen atoms in total. The van der Waals surface area contributed by atoms with Crippen molar-refractivity contribution in [1.82, 2.24) is 0 Å². The first-order chi connectivity index (χ1) is 30.3. The fourth-order valence-electron chi connectivity index (χ4n) is 9.36. The summed E-state index contributed by atoms with van der Waals surface area (Å²) in [5, 5.41) is 0. The Labute approximate surface area is 372 Å². The first kappa shape index (κ1) is 39.6. The van der Waals surface area contributed by atoms with Crippen LogP contribution in [-0.2, 0) is 20.3 Å². The maximum absolute atomic E-state index is 6.02. The van der Waals surface area contributed by atoms with E-state index in [1.807, 2.05) is 38.1 Å². The van der Waals surface area contributed by atoms with E-state index in [1.165, 1.54) is 50.3 Å². The van der Waals surface area contributed by atoms with Gasteiger partial charge in [-0.25, -0.2) is 0 Å². The van der Waals surface area contributed by atoms with E-state index in [1.54, 1.807) is 0 Å². The SMILES string of the molecule is CC1OC1Oc1ccc(-c2ccc3c(c2)N(c2ccc(C(C)(C)C)cc2)c2cccc4c2B3c2ccc(-c3ccc(OC5OC5C)cc3)cc2N4c2ccc(C(C)(C)C)cc2)cc1. The number of anilines is 6. The molecule has 314 valence electrons. The summed E-state index contributed by atoms with van der Waals surface area (Å²) in [6.07, 6.45) is -0.0636. The first-order valence-electron chi connectivity index (χ1n) is 22.4. The molecule has 11 rings (SSSR count). The van der Waals surface area contributed by atoms with E-state index in [4.69, 9.17) is 18.9 Å². The lowest BCUT2D eigenvalue weighted by atomic mass is 9.33. The van der Waals surface area contributed by atoms with Gasteiger partial charge in [-0.1, -0.05) is 120 Å². The molecule has 0 spiro atoms. The van der Waals surface area contributed by atoms with E-state index in [0.29, 0.717) is 0 Å². The number of hydrogen-bond acceptors (Lipinski definition) is 6. The molecule has 63 heavy (non-hydrogen) atoms. The first-order valence-corrected chi connectivity index (χ1v) is 22.4. The highest BCUT2D eigenvalue weighted by Crippen LogP contribution is 2.46. The minimum absolute atomic E-state index is 0.00730. The number of nitrogens with zero attached hydrogens (tertiary/aromatic N) is 2. The van der Waals surface area contributed by atoms with Crippen LogP contribution in [0.2, 0.25) is 0 Å². The Morgan fingerprint density at radius 1 is 0.444 bits per heavy atom. The number of ether oxygens (including phenoxy) is 4. The second kappa shape index (κ2) is 14.7. The van der Waals surface area contributed by atoms with E-state index >= 15 is 0 Å². The molecule has 0 radical (unpaired) electrons. The lowest BCUT2D eigenvalue weighted by Crippen LogP contribution is -2.61. The van der Waals surface area contributed by atoms with Crippen molar-refractivity contribution in [3.63, 3.8) is 0 Å². The third kappa shape index (κ3) is 7.17. The van der Waals surface area contributed by atoms with Gasteiger partial charge in [0.25, 0.3) is 6.71 Å². The van der Waals surface area contributed by atoms with Crippen molar-refractivity contribution in [1.29, 1.82) is 0 Å². The summed E-state index contributed by atoms with van der Waals surface area (Å²) in [5.74, 6) is 1.63. The van der Waals surface area contributed by atoms with E-state index < -0.39 is 0 Å². The van der Waals surface area contributed by atoms with E-state index in [0.717, 1.165) is 45.1 Å². The van der Waals surface area contributed by atoms with Crippen LogP contribution in [0.3, 0.4) is 0 Å². The van der Waals surface area contributed by atoms with Gasteiger partial charge >= 0.3 is 0 Å². The lowest BCUT2D eigenvalue weighted by molar-refractivity contribution is 0.178. The average molecular weight is 829 g/mol. The van der Waals surface area contributed by atoms with Crippen LogP contribution in [0.5, 0.6) is 11.5 Å². The van der Waals surface area contributed by atoms with Crippen LogP contribution in [-0.4, -0.2) is 31.5 Å². The summed E-state index contributed by atoms with van der Waals surface area (Å²) in [6.45, 7) is 17.7. The number of rotatable bonds is 8. The molecule has 4 aliphatic heterocycles. The van der Waals surface area contributed by atoms with Gasteiger partial charge in [0.15, 0.2) is 0 Å². The summed E-state index contributed by atoms with van der Waals surface area (Å²) in [5.41, 5.74) is 18.1. The second-order valence-corrected chi connectivity index (χ2v) is 19.7. The van der Waals surface area contributed by atoms with Gasteiger partial charge in [0.1, 0.15) is 23.7 Å². The van der Waals surface area contributed by atoms with Crippen LogP contribution in [0.15, 0.2) is 152 Å². The molecule has 0 aromatic heterocycles. The molecular weight excluding hydrogens is 775 g/mol. The second-order valence-electron chi connectivity index (χ2n) is 19.7. The van der Waals surface area contributed by atoms with Crippen molar-refractivity contribution < 1.29 is 18.9 Å². The van der Waals surface area contributed by atoms with Crippen molar-refractivity contribution in [2.45, 2.75) is 91.0 Å². The maximum atomic E-state index is 6.02. The molecule has 2 fully saturated rings. The van der Waals surface area contributed by atoms with Crippen molar-refractivity contribution in [3.05, 3.63) is 163 Å². The van der Waals surface area contributed by atoms with Crippen molar-refractivity contribution in [2.75, 3.05) is 9.80 Å². The van der Waals surface area contributed by atoms with Crippen LogP contribution in [0.25, 0.3) is 22.3 Å². The Balaban J connectivity index is 1.08. The monoisotopic (exact) mass is 828 g/mol. The summed E-state index contributed by atoms with van der Waals surface area (Å²) < 4.78 is 23.1. The van der Waals surface area contributed by atoms with Crippen LogP contribution in [0.1, 0.15) is 66.5 Å². The topological polar surface area (TPSA) is 50.0 Å². The molecule has 0 N–H and O–H groups in total. The van der Waals surface area contributed by atoms with Gasteiger partial charge < -0.3 is 28.7 Å². The highest BCUT2D eigenvalue weighted by Gasteiger charge is 2.44. The standard InChI is InChI=1S/C56H53BN2O4/c1-34-53(60-34)62-44-26-12-36(13-27-44)38-16-30-46-50(32-38)58(42-22-18-40(19-23-42)55(3,4)5)48-10-9-11-49-52(48)57(46)47-31-17-39(37-14-28-45(29-15-37)63-54-35(2)61-54)33-51(47)59(49)43-24-20-41(21-25-43)56(6,7)8/h9-35,53-54H,1-8H3. The molecule has 0 aliphatic carbocycles. The van der Waals surface area contributed by atoms with Crippen LogP contribution in [0.4, 0.5) is 34.1 Å². The van der Waals surface area contributed by atoms with E-state index in [2.05, 4.69) is 179 Å². The van der Waals surface area contributed by atoms with Crippen LogP contribution in [0, 0.1) is 0 Å². The van der Waals surface area contributed by atoms with Gasteiger partial charge in [0.05, 0.1) is 0 Å². The highest BCUT2D eigenvalue weighted by atomic mass is 16.8. The lowest BCUT2D eigenvalue weighted by Gasteiger charge is -2.44. The Morgan fingerprint density at radius 2 is 0.810 bits per heavy atom. The maximum Gasteiger partial charge on any atom is 0.252 e. The highest BCUT2D eigenvalue weighted by molar-refractivity contribution is 7.00. The summed E-state index contributed by atoms with van der Waals surface area (Å²) in [6, 6.07) is 56.1. The molecule has 7 aromatic carbocycles. The molecule has 4 unspecified atom stereocenters. The van der Waals surface area contributed by atoms with Gasteiger partial charge in [-0.15, -0.1) is 0 Å². The van der Waals surface area contributed by atoms with Crippen molar-refractivity contribution in [3.8, 4) is 33.8 Å². The Kier molecular flexibility index (Phi) is 9.20. The molecule has 0 amide bonds. The summed E-state index contributed by atoms with van der Waals surface area (Å²) >= 11 is 0. The molecule has 4 atom stereocenters. The molecule has 0 saturated carbocycles. The fraction of sp³-hybridized carbons (Fsp3) is 0.250. The number of hydrogen-bond donors (Lipinski definition) is 0. The zero-order chi connectivity index (χ0) is 43.4. The summed E-state index contributed by atoms with van der Waals surface area (Å²) in [4.78, 5) is 4.97. The molecule has 4 heterocycles. The van der Waals surface area contributed by atoms with E-state index in [9.17, 15) is 0 Å². The zero-order valence-electron chi connectivity index (χ0n) is 37.3. The molecular formula is C56H53BN2O4. The average Bonchev–Trinajstić information content (AvgIpc) is 4.19. The minimum atomic E-state index is -0.164. The van der Waals surface area contributed by atoms with Gasteiger partial charge in [0.2, 0.25) is 12.6 Å². The number of fused-ring (bicyclic) bond motifs is 4. The molecule has 7 heteroatoms. The van der Waals surface area contributed by atoms with Crippen LogP contribution < -0.4 is 35.7 Å². The number of epoxide rings is 2. The Hall–Kier alpha value is -6.28. The van der Waals surface area contributed by atoms with Gasteiger partial charge in [-0.2, -0.15) is 0 Å². The summed E-state index contributed by atoms with van der Waals surface area (Å²) in [7, 11) is 0. The molecule has 4 aliphatic rings. The molecule has 2 saturated heterocycles. The minimum Gasteiger partial charge on any atom is -0.462 e. The Bertz CT molecular complexity index is 2670. The normalized spacial score (nSPS) is 19.5. The van der Waals surface area contributed by atoms with Gasteiger partial charge in [0, 0.05) is 34.1 Å². The smallest absolute Gasteiger partial charge is 0.252 e. The third-order valence-electron chi connectivity index (χ3n) is 13.2. The van der Waals surface area contributed by atoms with Crippen molar-refractivity contribution in [2.24, 2.45) is 0 Å². The quantitative estimate of drug-likeness (QED) is 0.112. The largest absolute Gasteiger partial charge is 0.462 e. The predicted octanol–water partition coefficient (Wildman–Crippen LogP) is 11.9. The zero-order valence-corrected chi connectivity index (χ0v) is 37.3. The number of benzene rings is 7.